The summed E-state index contributed by atoms with van der Waals surface area (Å²) in [4.78, 5) is 0. The standard InChI is InChI=1S/C12H19NO/c1-4-8(2)11(13)10-7-5-6-9(3)12(10)14/h5-8,11,14H,4,13H2,1-3H3/t8?,11-/m1/s1. The van der Waals surface area contributed by atoms with Gasteiger partial charge in [0.2, 0.25) is 0 Å². The second kappa shape index (κ2) is 4.47. The van der Waals surface area contributed by atoms with Crippen LogP contribution in [-0.4, -0.2) is 5.11 Å². The molecule has 1 unspecified atom stereocenters. The minimum Gasteiger partial charge on any atom is -0.507 e. The highest BCUT2D eigenvalue weighted by Crippen LogP contribution is 2.30. The fourth-order valence-corrected chi connectivity index (χ4v) is 1.51. The van der Waals surface area contributed by atoms with Crippen LogP contribution in [0.1, 0.15) is 37.4 Å². The van der Waals surface area contributed by atoms with E-state index in [1.807, 2.05) is 25.1 Å². The molecule has 0 radical (unpaired) electrons. The molecule has 2 atom stereocenters. The van der Waals surface area contributed by atoms with Gasteiger partial charge in [-0.25, -0.2) is 0 Å². The van der Waals surface area contributed by atoms with Gasteiger partial charge in [-0.05, 0) is 18.4 Å². The summed E-state index contributed by atoms with van der Waals surface area (Å²) >= 11 is 0. The Kier molecular flexibility index (Phi) is 3.53. The van der Waals surface area contributed by atoms with Gasteiger partial charge in [-0.3, -0.25) is 0 Å². The Morgan fingerprint density at radius 3 is 2.64 bits per heavy atom. The summed E-state index contributed by atoms with van der Waals surface area (Å²) in [5.41, 5.74) is 7.81. The van der Waals surface area contributed by atoms with Crippen LogP contribution in [0.4, 0.5) is 0 Å². The van der Waals surface area contributed by atoms with E-state index in [0.717, 1.165) is 17.5 Å². The van der Waals surface area contributed by atoms with Gasteiger partial charge in [-0.15, -0.1) is 0 Å². The zero-order valence-electron chi connectivity index (χ0n) is 9.12. The van der Waals surface area contributed by atoms with Crippen molar-refractivity contribution in [2.75, 3.05) is 0 Å². The fraction of sp³-hybridized carbons (Fsp3) is 0.500. The molecule has 1 rings (SSSR count). The van der Waals surface area contributed by atoms with Gasteiger partial charge in [0.05, 0.1) is 0 Å². The number of nitrogens with two attached hydrogens (primary N) is 1. The smallest absolute Gasteiger partial charge is 0.123 e. The zero-order chi connectivity index (χ0) is 10.7. The Morgan fingerprint density at radius 2 is 2.07 bits per heavy atom. The van der Waals surface area contributed by atoms with Crippen molar-refractivity contribution in [1.29, 1.82) is 0 Å². The quantitative estimate of drug-likeness (QED) is 0.775. The number of phenolic OH excluding ortho intramolecular Hbond substituents is 1. The lowest BCUT2D eigenvalue weighted by atomic mass is 9.92. The van der Waals surface area contributed by atoms with Crippen molar-refractivity contribution in [2.24, 2.45) is 11.7 Å². The average Bonchev–Trinajstić information content (AvgIpc) is 2.20. The van der Waals surface area contributed by atoms with Crippen LogP contribution in [0.3, 0.4) is 0 Å². The van der Waals surface area contributed by atoms with E-state index < -0.39 is 0 Å². The SMILES string of the molecule is CCC(C)[C@@H](N)c1cccc(C)c1O. The molecule has 0 saturated heterocycles. The van der Waals surface area contributed by atoms with Gasteiger partial charge in [-0.2, -0.15) is 0 Å². The van der Waals surface area contributed by atoms with E-state index in [4.69, 9.17) is 5.73 Å². The minimum atomic E-state index is -0.0695. The third-order valence-corrected chi connectivity index (χ3v) is 2.89. The number of aryl methyl sites for hydroxylation is 1. The van der Waals surface area contributed by atoms with E-state index in [2.05, 4.69) is 13.8 Å². The molecule has 3 N–H and O–H groups in total. The first-order valence-electron chi connectivity index (χ1n) is 5.12. The van der Waals surface area contributed by atoms with Crippen molar-refractivity contribution in [1.82, 2.24) is 0 Å². The van der Waals surface area contributed by atoms with Crippen molar-refractivity contribution < 1.29 is 5.11 Å². The molecule has 2 nitrogen and oxygen atoms in total. The maximum Gasteiger partial charge on any atom is 0.123 e. The Morgan fingerprint density at radius 1 is 1.43 bits per heavy atom. The van der Waals surface area contributed by atoms with Crippen LogP contribution in [0.5, 0.6) is 5.75 Å². The van der Waals surface area contributed by atoms with Crippen LogP contribution in [0.15, 0.2) is 18.2 Å². The van der Waals surface area contributed by atoms with Gasteiger partial charge in [0.1, 0.15) is 5.75 Å². The van der Waals surface area contributed by atoms with Crippen molar-refractivity contribution in [3.63, 3.8) is 0 Å². The van der Waals surface area contributed by atoms with Gasteiger partial charge in [-0.1, -0.05) is 38.5 Å². The highest BCUT2D eigenvalue weighted by molar-refractivity contribution is 5.41. The molecule has 0 aliphatic rings. The summed E-state index contributed by atoms with van der Waals surface area (Å²) in [6.45, 7) is 6.10. The van der Waals surface area contributed by atoms with Crippen LogP contribution < -0.4 is 5.73 Å². The highest BCUT2D eigenvalue weighted by Gasteiger charge is 2.16. The maximum absolute atomic E-state index is 9.83. The van der Waals surface area contributed by atoms with E-state index in [1.54, 1.807) is 0 Å². The Balaban J connectivity index is 3.01. The van der Waals surface area contributed by atoms with E-state index in [-0.39, 0.29) is 6.04 Å². The molecule has 1 aromatic carbocycles. The number of phenols is 1. The van der Waals surface area contributed by atoms with Crippen LogP contribution in [0.2, 0.25) is 0 Å². The summed E-state index contributed by atoms with van der Waals surface area (Å²) in [5, 5.41) is 9.83. The number of aromatic hydroxyl groups is 1. The second-order valence-corrected chi connectivity index (χ2v) is 3.92. The molecule has 2 heteroatoms. The molecule has 0 saturated carbocycles. The molecule has 78 valence electrons. The van der Waals surface area contributed by atoms with Crippen molar-refractivity contribution in [3.8, 4) is 5.75 Å². The van der Waals surface area contributed by atoms with Gasteiger partial charge in [0, 0.05) is 11.6 Å². The van der Waals surface area contributed by atoms with Gasteiger partial charge in [0.25, 0.3) is 0 Å². The Bertz CT molecular complexity index is 309. The van der Waals surface area contributed by atoms with E-state index in [1.165, 1.54) is 0 Å². The molecule has 0 aliphatic heterocycles. The van der Waals surface area contributed by atoms with E-state index in [0.29, 0.717) is 11.7 Å². The molecular weight excluding hydrogens is 174 g/mol. The molecule has 1 aromatic rings. The fourth-order valence-electron chi connectivity index (χ4n) is 1.51. The van der Waals surface area contributed by atoms with Gasteiger partial charge in [0.15, 0.2) is 0 Å². The summed E-state index contributed by atoms with van der Waals surface area (Å²) in [6, 6.07) is 5.66. The van der Waals surface area contributed by atoms with Crippen LogP contribution in [0.25, 0.3) is 0 Å². The third-order valence-electron chi connectivity index (χ3n) is 2.89. The van der Waals surface area contributed by atoms with Crippen molar-refractivity contribution >= 4 is 0 Å². The topological polar surface area (TPSA) is 46.2 Å². The van der Waals surface area contributed by atoms with E-state index >= 15 is 0 Å². The number of benzene rings is 1. The number of para-hydroxylation sites is 1. The summed E-state index contributed by atoms with van der Waals surface area (Å²) < 4.78 is 0. The lowest BCUT2D eigenvalue weighted by Gasteiger charge is -2.20. The first-order chi connectivity index (χ1) is 6.57. The Hall–Kier alpha value is -1.02. The molecular formula is C12H19NO. The molecule has 0 heterocycles. The van der Waals surface area contributed by atoms with Crippen LogP contribution >= 0.6 is 0 Å². The monoisotopic (exact) mass is 193 g/mol. The predicted octanol–water partition coefficient (Wildman–Crippen LogP) is 2.75. The van der Waals surface area contributed by atoms with Gasteiger partial charge < -0.3 is 10.8 Å². The van der Waals surface area contributed by atoms with Gasteiger partial charge >= 0.3 is 0 Å². The zero-order valence-corrected chi connectivity index (χ0v) is 9.12. The largest absolute Gasteiger partial charge is 0.507 e. The lowest BCUT2D eigenvalue weighted by molar-refractivity contribution is 0.417. The lowest BCUT2D eigenvalue weighted by Crippen LogP contribution is -2.18. The maximum atomic E-state index is 9.83. The van der Waals surface area contributed by atoms with Crippen molar-refractivity contribution in [3.05, 3.63) is 29.3 Å². The average molecular weight is 193 g/mol. The molecule has 0 spiro atoms. The summed E-state index contributed by atoms with van der Waals surface area (Å²) in [6.07, 6.45) is 1.02. The minimum absolute atomic E-state index is 0.0695. The number of hydrogen-bond acceptors (Lipinski definition) is 2. The Labute approximate surface area is 85.8 Å². The van der Waals surface area contributed by atoms with Crippen LogP contribution in [-0.2, 0) is 0 Å². The first-order valence-corrected chi connectivity index (χ1v) is 5.12. The molecule has 0 fully saturated rings. The molecule has 0 amide bonds. The van der Waals surface area contributed by atoms with Crippen LogP contribution in [0, 0.1) is 12.8 Å². The summed E-state index contributed by atoms with van der Waals surface area (Å²) in [5.74, 6) is 0.739. The highest BCUT2D eigenvalue weighted by atomic mass is 16.3. The number of hydrogen-bond donors (Lipinski definition) is 2. The molecule has 0 aliphatic carbocycles. The van der Waals surface area contributed by atoms with Crippen molar-refractivity contribution in [2.45, 2.75) is 33.2 Å². The molecule has 14 heavy (non-hydrogen) atoms. The first kappa shape index (κ1) is 11.1. The second-order valence-electron chi connectivity index (χ2n) is 3.92. The third kappa shape index (κ3) is 2.07. The molecule has 0 bridgehead atoms. The predicted molar refractivity (Wildman–Crippen MR) is 59.2 cm³/mol. The van der Waals surface area contributed by atoms with E-state index in [9.17, 15) is 5.11 Å². The molecule has 0 aromatic heterocycles. The summed E-state index contributed by atoms with van der Waals surface area (Å²) in [7, 11) is 0. The number of rotatable bonds is 3. The normalized spacial score (nSPS) is 15.1.